The lowest BCUT2D eigenvalue weighted by molar-refractivity contribution is -0.136. The van der Waals surface area contributed by atoms with E-state index < -0.39 is 11.3 Å². The van der Waals surface area contributed by atoms with Crippen molar-refractivity contribution in [2.24, 2.45) is 0 Å². The minimum absolute atomic E-state index is 0.210. The van der Waals surface area contributed by atoms with Crippen molar-refractivity contribution in [3.8, 4) is 0 Å². The fraction of sp³-hybridized carbons (Fsp3) is 0.650. The Hall–Kier alpha value is -0.800. The number of hydrogen-bond acceptors (Lipinski definition) is 1. The lowest BCUT2D eigenvalue weighted by Crippen LogP contribution is -2.12. The van der Waals surface area contributed by atoms with Gasteiger partial charge >= 0.3 is 5.97 Å². The Morgan fingerprint density at radius 2 is 1.48 bits per heavy atom. The van der Waals surface area contributed by atoms with E-state index in [0.717, 1.165) is 37.7 Å². The van der Waals surface area contributed by atoms with Crippen LogP contribution in [-0.2, 0) is 11.2 Å². The number of carboxylic acids is 1. The van der Waals surface area contributed by atoms with Crippen LogP contribution in [0.25, 0.3) is 0 Å². The molecule has 0 heterocycles. The standard InChI is InChI=1S/C20H29Cl2FO2/c21-17(20(24)25)12-10-8-6-4-2-1-3-5-7-9-11-16-13-14-19(23)18(22)15-16/h13-15,17H,1-12H2,(H,24,25). The number of carboxylic acid groups (broad SMARTS) is 1. The quantitative estimate of drug-likeness (QED) is 0.274. The Bertz CT molecular complexity index is 508. The molecule has 0 spiro atoms. The van der Waals surface area contributed by atoms with Crippen LogP contribution in [0, 0.1) is 5.82 Å². The van der Waals surface area contributed by atoms with Gasteiger partial charge in [0.05, 0.1) is 5.02 Å². The van der Waals surface area contributed by atoms with Crippen molar-refractivity contribution in [3.63, 3.8) is 0 Å². The third-order valence-corrected chi connectivity index (χ3v) is 5.12. The Labute approximate surface area is 160 Å². The van der Waals surface area contributed by atoms with Crippen LogP contribution in [0.1, 0.15) is 76.2 Å². The van der Waals surface area contributed by atoms with E-state index in [1.807, 2.05) is 6.07 Å². The number of alkyl halides is 1. The smallest absolute Gasteiger partial charge is 0.321 e. The fourth-order valence-corrected chi connectivity index (χ4v) is 3.24. The number of carbonyl (C=O) groups is 1. The molecule has 0 aliphatic heterocycles. The highest BCUT2D eigenvalue weighted by molar-refractivity contribution is 6.30. The molecule has 1 aromatic rings. The number of unbranched alkanes of at least 4 members (excludes halogenated alkanes) is 9. The van der Waals surface area contributed by atoms with Gasteiger partial charge in [0.1, 0.15) is 11.2 Å². The third-order valence-electron chi connectivity index (χ3n) is 4.42. The molecule has 2 nitrogen and oxygen atoms in total. The second-order valence-electron chi connectivity index (χ2n) is 6.63. The van der Waals surface area contributed by atoms with Crippen molar-refractivity contribution in [1.29, 1.82) is 0 Å². The first-order valence-electron chi connectivity index (χ1n) is 9.31. The number of rotatable bonds is 14. The third kappa shape index (κ3) is 10.7. The van der Waals surface area contributed by atoms with Crippen LogP contribution in [0.4, 0.5) is 4.39 Å². The van der Waals surface area contributed by atoms with Gasteiger partial charge in [-0.25, -0.2) is 4.39 Å². The van der Waals surface area contributed by atoms with Crippen LogP contribution < -0.4 is 0 Å². The summed E-state index contributed by atoms with van der Waals surface area (Å²) in [6.07, 6.45) is 13.2. The van der Waals surface area contributed by atoms with E-state index in [1.54, 1.807) is 6.07 Å². The van der Waals surface area contributed by atoms with Gasteiger partial charge < -0.3 is 5.11 Å². The molecule has 0 bridgehead atoms. The summed E-state index contributed by atoms with van der Waals surface area (Å²) < 4.78 is 13.1. The molecule has 0 radical (unpaired) electrons. The lowest BCUT2D eigenvalue weighted by atomic mass is 10.0. The maximum absolute atomic E-state index is 13.1. The van der Waals surface area contributed by atoms with Gasteiger partial charge in [0, 0.05) is 0 Å². The minimum Gasteiger partial charge on any atom is -0.480 e. The predicted molar refractivity (Wildman–Crippen MR) is 103 cm³/mol. The van der Waals surface area contributed by atoms with Crippen molar-refractivity contribution in [2.75, 3.05) is 0 Å². The molecule has 25 heavy (non-hydrogen) atoms. The van der Waals surface area contributed by atoms with Crippen molar-refractivity contribution in [1.82, 2.24) is 0 Å². The highest BCUT2D eigenvalue weighted by Gasteiger charge is 2.11. The second kappa shape index (κ2) is 13.4. The van der Waals surface area contributed by atoms with Crippen molar-refractivity contribution < 1.29 is 14.3 Å². The first-order chi connectivity index (χ1) is 12.0. The Kier molecular flexibility index (Phi) is 11.9. The van der Waals surface area contributed by atoms with Crippen LogP contribution >= 0.6 is 23.2 Å². The molecule has 142 valence electrons. The van der Waals surface area contributed by atoms with E-state index in [4.69, 9.17) is 28.3 Å². The molecule has 5 heteroatoms. The van der Waals surface area contributed by atoms with Gasteiger partial charge in [-0.15, -0.1) is 11.6 Å². The number of aryl methyl sites for hydroxylation is 1. The van der Waals surface area contributed by atoms with E-state index >= 15 is 0 Å². The zero-order chi connectivity index (χ0) is 18.5. The SMILES string of the molecule is O=C(O)C(Cl)CCCCCCCCCCCCc1ccc(F)c(Cl)c1. The topological polar surface area (TPSA) is 37.3 Å². The summed E-state index contributed by atoms with van der Waals surface area (Å²) >= 11 is 11.4. The highest BCUT2D eigenvalue weighted by Crippen LogP contribution is 2.18. The first kappa shape index (κ1) is 22.2. The number of hydrogen-bond donors (Lipinski definition) is 1. The molecule has 0 fully saturated rings. The fourth-order valence-electron chi connectivity index (χ4n) is 2.89. The van der Waals surface area contributed by atoms with Crippen molar-refractivity contribution in [2.45, 2.75) is 82.4 Å². The lowest BCUT2D eigenvalue weighted by Gasteiger charge is -2.05. The van der Waals surface area contributed by atoms with E-state index in [9.17, 15) is 9.18 Å². The largest absolute Gasteiger partial charge is 0.480 e. The van der Waals surface area contributed by atoms with Crippen LogP contribution in [0.5, 0.6) is 0 Å². The Morgan fingerprint density at radius 3 is 2.00 bits per heavy atom. The van der Waals surface area contributed by atoms with Crippen molar-refractivity contribution in [3.05, 3.63) is 34.6 Å². The van der Waals surface area contributed by atoms with Gasteiger partial charge in [-0.1, -0.05) is 75.5 Å². The summed E-state index contributed by atoms with van der Waals surface area (Å²) in [4.78, 5) is 10.6. The second-order valence-corrected chi connectivity index (χ2v) is 7.56. The maximum Gasteiger partial charge on any atom is 0.321 e. The van der Waals surface area contributed by atoms with E-state index in [0.29, 0.717) is 6.42 Å². The van der Waals surface area contributed by atoms with Gasteiger partial charge in [-0.3, -0.25) is 4.79 Å². The molecule has 0 saturated carbocycles. The Balaban J connectivity index is 1.87. The maximum atomic E-state index is 13.1. The molecule has 0 aliphatic rings. The summed E-state index contributed by atoms with van der Waals surface area (Å²) in [5, 5.41) is 8.16. The molecule has 0 aliphatic carbocycles. The highest BCUT2D eigenvalue weighted by atomic mass is 35.5. The number of benzene rings is 1. The van der Waals surface area contributed by atoms with Gasteiger partial charge in [-0.2, -0.15) is 0 Å². The van der Waals surface area contributed by atoms with E-state index in [2.05, 4.69) is 0 Å². The summed E-state index contributed by atoms with van der Waals surface area (Å²) in [5.41, 5.74) is 1.11. The van der Waals surface area contributed by atoms with Crippen LogP contribution in [0.3, 0.4) is 0 Å². The molecular formula is C20H29Cl2FO2. The predicted octanol–water partition coefficient (Wildman–Crippen LogP) is 7.00. The molecular weight excluding hydrogens is 362 g/mol. The van der Waals surface area contributed by atoms with Gasteiger partial charge in [0.2, 0.25) is 0 Å². The van der Waals surface area contributed by atoms with E-state index in [-0.39, 0.29) is 10.8 Å². The first-order valence-corrected chi connectivity index (χ1v) is 10.1. The monoisotopic (exact) mass is 390 g/mol. The molecule has 1 N–H and O–H groups in total. The molecule has 0 amide bonds. The molecule has 1 aromatic carbocycles. The summed E-state index contributed by atoms with van der Waals surface area (Å²) in [5.74, 6) is -1.26. The Morgan fingerprint density at radius 1 is 0.960 bits per heavy atom. The van der Waals surface area contributed by atoms with E-state index in [1.165, 1.54) is 44.6 Å². The zero-order valence-corrected chi connectivity index (χ0v) is 16.3. The summed E-state index contributed by atoms with van der Waals surface area (Å²) in [6, 6.07) is 4.97. The number of aliphatic carboxylic acids is 1. The van der Waals surface area contributed by atoms with Gasteiger partial charge in [0.15, 0.2) is 0 Å². The van der Waals surface area contributed by atoms with Crippen LogP contribution in [0.15, 0.2) is 18.2 Å². The van der Waals surface area contributed by atoms with Gasteiger partial charge in [0.25, 0.3) is 0 Å². The molecule has 1 unspecified atom stereocenters. The molecule has 0 aromatic heterocycles. The summed E-state index contributed by atoms with van der Waals surface area (Å²) in [6.45, 7) is 0. The molecule has 0 saturated heterocycles. The molecule has 1 atom stereocenters. The number of halogens is 3. The van der Waals surface area contributed by atoms with Crippen molar-refractivity contribution >= 4 is 29.2 Å². The van der Waals surface area contributed by atoms with Gasteiger partial charge in [-0.05, 0) is 37.0 Å². The minimum atomic E-state index is -0.913. The van der Waals surface area contributed by atoms with Crippen LogP contribution in [-0.4, -0.2) is 16.5 Å². The average Bonchev–Trinajstić information content (AvgIpc) is 2.58. The summed E-state index contributed by atoms with van der Waals surface area (Å²) in [7, 11) is 0. The zero-order valence-electron chi connectivity index (χ0n) is 14.8. The average molecular weight is 391 g/mol. The van der Waals surface area contributed by atoms with Crippen LogP contribution in [0.2, 0.25) is 5.02 Å². The molecule has 1 rings (SSSR count). The normalized spacial score (nSPS) is 12.3.